The second-order valence-corrected chi connectivity index (χ2v) is 12.5. The highest BCUT2D eigenvalue weighted by Crippen LogP contribution is 2.18. The largest absolute Gasteiger partial charge is 0.241 e. The predicted molar refractivity (Wildman–Crippen MR) is 116 cm³/mol. The van der Waals surface area contributed by atoms with Crippen molar-refractivity contribution in [2.45, 2.75) is 68.8 Å². The molecule has 0 fully saturated rings. The summed E-state index contributed by atoms with van der Waals surface area (Å²) >= 11 is 0. The summed E-state index contributed by atoms with van der Waals surface area (Å²) in [7, 11) is -7.14. The van der Waals surface area contributed by atoms with E-state index in [9.17, 15) is 16.8 Å². The zero-order valence-electron chi connectivity index (χ0n) is 17.8. The fourth-order valence-electron chi connectivity index (χ4n) is 2.73. The van der Waals surface area contributed by atoms with Gasteiger partial charge < -0.3 is 0 Å². The third-order valence-electron chi connectivity index (χ3n) is 3.76. The molecule has 0 aliphatic rings. The Balaban J connectivity index is 2.13. The Morgan fingerprint density at radius 2 is 0.862 bits per heavy atom. The summed E-state index contributed by atoms with van der Waals surface area (Å²) < 4.78 is 54.7. The highest BCUT2D eigenvalue weighted by atomic mass is 32.2. The van der Waals surface area contributed by atoms with Gasteiger partial charge in [-0.2, -0.15) is 0 Å². The van der Waals surface area contributed by atoms with E-state index in [0.717, 1.165) is 11.1 Å². The maximum Gasteiger partial charge on any atom is 0.241 e. The summed E-state index contributed by atoms with van der Waals surface area (Å²) in [6, 6.07) is 13.4. The molecule has 0 aliphatic heterocycles. The van der Waals surface area contributed by atoms with E-state index >= 15 is 0 Å². The highest BCUT2D eigenvalue weighted by Gasteiger charge is 2.23. The molecule has 0 atom stereocenters. The maximum atomic E-state index is 12.4. The number of rotatable bonds is 6. The van der Waals surface area contributed by atoms with Crippen molar-refractivity contribution in [2.24, 2.45) is 0 Å². The van der Waals surface area contributed by atoms with Crippen LogP contribution in [0.5, 0.6) is 0 Å². The Hall–Kier alpha value is -1.74. The van der Waals surface area contributed by atoms with Gasteiger partial charge in [0.2, 0.25) is 20.0 Å². The van der Waals surface area contributed by atoms with Crippen LogP contribution in [0.15, 0.2) is 58.3 Å². The van der Waals surface area contributed by atoms with Crippen molar-refractivity contribution in [1.29, 1.82) is 0 Å². The van der Waals surface area contributed by atoms with E-state index in [4.69, 9.17) is 0 Å². The molecule has 0 spiro atoms. The van der Waals surface area contributed by atoms with E-state index < -0.39 is 31.1 Å². The first kappa shape index (κ1) is 23.5. The highest BCUT2D eigenvalue weighted by molar-refractivity contribution is 7.89. The van der Waals surface area contributed by atoms with Crippen LogP contribution >= 0.6 is 0 Å². The minimum absolute atomic E-state index is 0.214. The Morgan fingerprint density at radius 1 is 0.586 bits per heavy atom. The summed E-state index contributed by atoms with van der Waals surface area (Å²) in [5.74, 6) is 0. The molecular formula is C21H30N2O4S2. The van der Waals surface area contributed by atoms with Gasteiger partial charge in [0.15, 0.2) is 0 Å². The van der Waals surface area contributed by atoms with Crippen molar-refractivity contribution >= 4 is 20.0 Å². The molecule has 0 unspecified atom stereocenters. The molecule has 160 valence electrons. The summed E-state index contributed by atoms with van der Waals surface area (Å²) in [5, 5.41) is 0. The van der Waals surface area contributed by atoms with E-state index in [1.165, 1.54) is 0 Å². The summed E-state index contributed by atoms with van der Waals surface area (Å²) in [6.07, 6.45) is 0.569. The van der Waals surface area contributed by atoms with Crippen LogP contribution in [0.2, 0.25) is 0 Å². The number of sulfonamides is 2. The lowest BCUT2D eigenvalue weighted by Gasteiger charge is -2.20. The molecule has 0 saturated carbocycles. The van der Waals surface area contributed by atoms with Crippen molar-refractivity contribution in [3.05, 3.63) is 59.7 Å². The van der Waals surface area contributed by atoms with Gasteiger partial charge in [0.1, 0.15) is 0 Å². The molecule has 8 heteroatoms. The molecule has 2 rings (SSSR count). The minimum atomic E-state index is -3.57. The lowest BCUT2D eigenvalue weighted by molar-refractivity contribution is 0.490. The Labute approximate surface area is 174 Å². The average Bonchev–Trinajstić information content (AvgIpc) is 2.51. The van der Waals surface area contributed by atoms with Crippen LogP contribution in [0.4, 0.5) is 0 Å². The minimum Gasteiger partial charge on any atom is -0.207 e. The van der Waals surface area contributed by atoms with Crippen molar-refractivity contribution in [2.75, 3.05) is 0 Å². The fourth-order valence-corrected chi connectivity index (χ4v) is 5.57. The summed E-state index contributed by atoms with van der Waals surface area (Å²) in [6.45, 7) is 10.7. The average molecular weight is 439 g/mol. The van der Waals surface area contributed by atoms with Gasteiger partial charge >= 0.3 is 0 Å². The third kappa shape index (κ3) is 7.22. The van der Waals surface area contributed by atoms with Gasteiger partial charge in [-0.1, -0.05) is 24.3 Å². The van der Waals surface area contributed by atoms with Gasteiger partial charge in [-0.25, -0.2) is 26.3 Å². The summed E-state index contributed by atoms with van der Waals surface area (Å²) in [4.78, 5) is 0.428. The molecule has 2 N–H and O–H groups in total. The lowest BCUT2D eigenvalue weighted by atomic mass is 10.1. The molecule has 6 nitrogen and oxygen atoms in total. The van der Waals surface area contributed by atoms with E-state index in [1.54, 1.807) is 90.1 Å². The molecule has 0 saturated heterocycles. The van der Waals surface area contributed by atoms with Crippen LogP contribution in [-0.2, 0) is 26.5 Å². The molecule has 0 amide bonds. The van der Waals surface area contributed by atoms with Crippen LogP contribution in [0, 0.1) is 0 Å². The van der Waals surface area contributed by atoms with Gasteiger partial charge in [-0.3, -0.25) is 0 Å². The monoisotopic (exact) mass is 438 g/mol. The van der Waals surface area contributed by atoms with Crippen molar-refractivity contribution in [3.8, 4) is 0 Å². The third-order valence-corrected chi connectivity index (χ3v) is 7.30. The van der Waals surface area contributed by atoms with Crippen LogP contribution in [0.1, 0.15) is 52.7 Å². The van der Waals surface area contributed by atoms with Crippen LogP contribution < -0.4 is 9.44 Å². The Bertz CT molecular complexity index is 956. The van der Waals surface area contributed by atoms with Gasteiger partial charge in [-0.15, -0.1) is 0 Å². The SMILES string of the molecule is CC(C)(C)NS(=O)(=O)c1ccc(Cc2ccc(S(=O)(=O)NC(C)(C)C)cc2)cc1. The normalized spacial score (nSPS) is 13.4. The Kier molecular flexibility index (Phi) is 6.64. The van der Waals surface area contributed by atoms with E-state index in [1.807, 2.05) is 0 Å². The number of nitrogens with one attached hydrogen (secondary N) is 2. The van der Waals surface area contributed by atoms with Crippen LogP contribution in [-0.4, -0.2) is 27.9 Å². The topological polar surface area (TPSA) is 92.3 Å². The second-order valence-electron chi connectivity index (χ2n) is 9.18. The molecule has 0 aliphatic carbocycles. The first-order valence-electron chi connectivity index (χ1n) is 9.33. The van der Waals surface area contributed by atoms with Crippen molar-refractivity contribution in [1.82, 2.24) is 9.44 Å². The van der Waals surface area contributed by atoms with E-state index in [0.29, 0.717) is 6.42 Å². The standard InChI is InChI=1S/C21H30N2O4S2/c1-20(2,3)22-28(24,25)18-11-7-16(8-12-18)15-17-9-13-19(14-10-17)29(26,27)23-21(4,5)6/h7-14,22-23H,15H2,1-6H3. The lowest BCUT2D eigenvalue weighted by Crippen LogP contribution is -2.40. The molecule has 29 heavy (non-hydrogen) atoms. The molecule has 0 bridgehead atoms. The predicted octanol–water partition coefficient (Wildman–Crippen LogP) is 3.43. The smallest absolute Gasteiger partial charge is 0.207 e. The zero-order valence-corrected chi connectivity index (χ0v) is 19.4. The van der Waals surface area contributed by atoms with Crippen molar-refractivity contribution < 1.29 is 16.8 Å². The fraction of sp³-hybridized carbons (Fsp3) is 0.429. The Morgan fingerprint density at radius 3 is 1.10 bits per heavy atom. The molecule has 0 radical (unpaired) electrons. The first-order valence-corrected chi connectivity index (χ1v) is 12.3. The molecule has 0 aromatic heterocycles. The number of hydrogen-bond donors (Lipinski definition) is 2. The van der Waals surface area contributed by atoms with E-state index in [-0.39, 0.29) is 9.79 Å². The molecule has 0 heterocycles. The quantitative estimate of drug-likeness (QED) is 0.723. The first-order chi connectivity index (χ1) is 13.1. The number of benzene rings is 2. The maximum absolute atomic E-state index is 12.4. The molecule has 2 aromatic rings. The van der Waals surface area contributed by atoms with Crippen LogP contribution in [0.3, 0.4) is 0 Å². The second kappa shape index (κ2) is 8.18. The van der Waals surface area contributed by atoms with Gasteiger partial charge in [-0.05, 0) is 83.4 Å². The molecule has 2 aromatic carbocycles. The van der Waals surface area contributed by atoms with Crippen LogP contribution in [0.25, 0.3) is 0 Å². The van der Waals surface area contributed by atoms with Gasteiger partial charge in [0, 0.05) is 11.1 Å². The van der Waals surface area contributed by atoms with Gasteiger partial charge in [0.25, 0.3) is 0 Å². The van der Waals surface area contributed by atoms with Crippen molar-refractivity contribution in [3.63, 3.8) is 0 Å². The van der Waals surface area contributed by atoms with Gasteiger partial charge in [0.05, 0.1) is 9.79 Å². The summed E-state index contributed by atoms with van der Waals surface area (Å²) in [5.41, 5.74) is 0.759. The molecular weight excluding hydrogens is 408 g/mol. The number of hydrogen-bond acceptors (Lipinski definition) is 4. The van der Waals surface area contributed by atoms with E-state index in [2.05, 4.69) is 9.44 Å². The zero-order chi connectivity index (χ0) is 22.1.